The number of aliphatic hydroxyl groups is 1. The van der Waals surface area contributed by atoms with Gasteiger partial charge in [0.05, 0.1) is 11.9 Å². The maximum Gasteiger partial charge on any atom is 0.225 e. The first-order valence-electron chi connectivity index (χ1n) is 5.38. The fourth-order valence-electron chi connectivity index (χ4n) is 1.01. The Balaban J connectivity index is 4.73. The van der Waals surface area contributed by atoms with Crippen LogP contribution in [0.15, 0.2) is 45.1 Å². The van der Waals surface area contributed by atoms with Gasteiger partial charge in [-0.2, -0.15) is 10.2 Å². The minimum atomic E-state index is -0.479. The minimum absolute atomic E-state index is 0.00835. The van der Waals surface area contributed by atoms with Crippen molar-refractivity contribution < 1.29 is 9.90 Å². The predicted octanol–water partition coefficient (Wildman–Crippen LogP) is 2.82. The largest absolute Gasteiger partial charge is 0.506 e. The van der Waals surface area contributed by atoms with E-state index >= 15 is 0 Å². The summed E-state index contributed by atoms with van der Waals surface area (Å²) in [6, 6.07) is 0. The highest BCUT2D eigenvalue weighted by Gasteiger charge is 2.05. The first kappa shape index (κ1) is 15.8. The number of hydrazone groups is 1. The van der Waals surface area contributed by atoms with Gasteiger partial charge >= 0.3 is 0 Å². The highest BCUT2D eigenvalue weighted by atomic mass is 16.3. The van der Waals surface area contributed by atoms with Crippen LogP contribution < -0.4 is 5.43 Å². The van der Waals surface area contributed by atoms with Crippen molar-refractivity contribution in [2.45, 2.75) is 27.7 Å². The van der Waals surface area contributed by atoms with Gasteiger partial charge in [0.25, 0.3) is 0 Å². The molecule has 0 heterocycles. The van der Waals surface area contributed by atoms with E-state index in [1.807, 2.05) is 0 Å². The molecule has 98 valence electrons. The van der Waals surface area contributed by atoms with E-state index < -0.39 is 5.78 Å². The molecule has 0 saturated heterocycles. The van der Waals surface area contributed by atoms with Gasteiger partial charge in [-0.3, -0.25) is 10.2 Å². The molecule has 6 nitrogen and oxygen atoms in total. The second-order valence-corrected chi connectivity index (χ2v) is 3.57. The van der Waals surface area contributed by atoms with E-state index in [4.69, 9.17) is 5.53 Å². The fraction of sp³-hybridized carbons (Fsp3) is 0.333. The summed E-state index contributed by atoms with van der Waals surface area (Å²) in [4.78, 5) is 11.4. The summed E-state index contributed by atoms with van der Waals surface area (Å²) in [7, 11) is 0. The summed E-state index contributed by atoms with van der Waals surface area (Å²) >= 11 is 0. The predicted molar refractivity (Wildman–Crippen MR) is 70.3 cm³/mol. The first-order chi connectivity index (χ1) is 8.47. The van der Waals surface area contributed by atoms with E-state index in [1.165, 1.54) is 6.08 Å². The number of nitrogens with zero attached hydrogens (tertiary/aromatic N) is 2. The van der Waals surface area contributed by atoms with Gasteiger partial charge in [-0.1, -0.05) is 12.2 Å². The number of Topliss-reactive ketones (excluding diaryl/α,β-unsaturated/α-hetero) is 1. The molecule has 0 rings (SSSR count). The van der Waals surface area contributed by atoms with Crippen LogP contribution in [0.5, 0.6) is 0 Å². The Labute approximate surface area is 106 Å². The Morgan fingerprint density at radius 2 is 1.89 bits per heavy atom. The second kappa shape index (κ2) is 7.94. The molecule has 3 N–H and O–H groups in total. The number of ketones is 1. The molecule has 0 bridgehead atoms. The standard InChI is InChI=1S/C12H18N4O2/c1-5-9(15-13)11(17)7-14-16-10(6-2)12(18)8(3)4/h5-7,13,16,18H,1-4H3/b9-5+,10-6+,14-7?,15-13?. The number of rotatable bonds is 6. The molecule has 0 atom stereocenters. The average Bonchev–Trinajstić information content (AvgIpc) is 2.35. The van der Waals surface area contributed by atoms with Gasteiger partial charge in [0.1, 0.15) is 11.5 Å². The van der Waals surface area contributed by atoms with Gasteiger partial charge in [0.15, 0.2) is 0 Å². The normalized spacial score (nSPS) is 12.4. The number of hydrogen-bond acceptors (Lipinski definition) is 6. The van der Waals surface area contributed by atoms with Crippen LogP contribution in [0.2, 0.25) is 0 Å². The van der Waals surface area contributed by atoms with Crippen LogP contribution >= 0.6 is 0 Å². The SMILES string of the molecule is C/C=C(/N=N)C(=O)C=NN/C(=C/C)C(O)=C(C)C. The van der Waals surface area contributed by atoms with E-state index in [9.17, 15) is 9.90 Å². The first-order valence-corrected chi connectivity index (χ1v) is 5.38. The molecule has 0 aliphatic rings. The topological polar surface area (TPSA) is 97.9 Å². The molecule has 18 heavy (non-hydrogen) atoms. The number of carbonyl (C=O) groups is 1. The quantitative estimate of drug-likeness (QED) is 0.169. The average molecular weight is 250 g/mol. The zero-order valence-electron chi connectivity index (χ0n) is 11.0. The third-order valence-corrected chi connectivity index (χ3v) is 2.03. The lowest BCUT2D eigenvalue weighted by Crippen LogP contribution is -2.11. The molecule has 0 unspecified atom stereocenters. The lowest BCUT2D eigenvalue weighted by atomic mass is 10.2. The van der Waals surface area contributed by atoms with E-state index in [1.54, 1.807) is 33.8 Å². The van der Waals surface area contributed by atoms with Crippen LogP contribution in [0.3, 0.4) is 0 Å². The molecule has 6 heteroatoms. The summed E-state index contributed by atoms with van der Waals surface area (Å²) in [6.45, 7) is 6.85. The number of carbonyl (C=O) groups excluding carboxylic acids is 1. The summed E-state index contributed by atoms with van der Waals surface area (Å²) in [5, 5.41) is 16.4. The van der Waals surface area contributed by atoms with Gasteiger partial charge in [0.2, 0.25) is 5.78 Å². The van der Waals surface area contributed by atoms with E-state index in [-0.39, 0.29) is 11.5 Å². The maximum atomic E-state index is 11.4. The third kappa shape index (κ3) is 4.73. The Bertz CT molecular complexity index is 441. The summed E-state index contributed by atoms with van der Waals surface area (Å²) < 4.78 is 0. The lowest BCUT2D eigenvalue weighted by molar-refractivity contribution is -0.109. The molecule has 0 aromatic carbocycles. The molecule has 0 amide bonds. The van der Waals surface area contributed by atoms with E-state index in [0.29, 0.717) is 5.70 Å². The monoisotopic (exact) mass is 250 g/mol. The minimum Gasteiger partial charge on any atom is -0.506 e. The fourth-order valence-corrected chi connectivity index (χ4v) is 1.01. The van der Waals surface area contributed by atoms with Crippen LogP contribution in [-0.4, -0.2) is 17.1 Å². The number of nitrogens with one attached hydrogen (secondary N) is 2. The van der Waals surface area contributed by atoms with Crippen molar-refractivity contribution in [2.75, 3.05) is 0 Å². The van der Waals surface area contributed by atoms with Crippen LogP contribution in [-0.2, 0) is 4.79 Å². The Morgan fingerprint density at radius 1 is 1.28 bits per heavy atom. The number of hydrogen-bond donors (Lipinski definition) is 3. The Hall–Kier alpha value is -2.24. The van der Waals surface area contributed by atoms with Crippen molar-refractivity contribution in [3.05, 3.63) is 34.9 Å². The molecular weight excluding hydrogens is 232 g/mol. The summed E-state index contributed by atoms with van der Waals surface area (Å²) in [5.41, 5.74) is 10.5. The molecule has 0 fully saturated rings. The lowest BCUT2D eigenvalue weighted by Gasteiger charge is -2.06. The Kier molecular flexibility index (Phi) is 6.95. The van der Waals surface area contributed by atoms with Crippen molar-refractivity contribution in [3.8, 4) is 0 Å². The van der Waals surface area contributed by atoms with E-state index in [0.717, 1.165) is 11.8 Å². The zero-order valence-corrected chi connectivity index (χ0v) is 11.0. The van der Waals surface area contributed by atoms with Gasteiger partial charge in [-0.05, 0) is 33.3 Å². The maximum absolute atomic E-state index is 11.4. The molecule has 0 saturated carbocycles. The summed E-state index contributed by atoms with van der Waals surface area (Å²) in [6.07, 6.45) is 4.07. The van der Waals surface area contributed by atoms with Crippen LogP contribution in [0.1, 0.15) is 27.7 Å². The highest BCUT2D eigenvalue weighted by Crippen LogP contribution is 2.08. The Morgan fingerprint density at radius 3 is 2.28 bits per heavy atom. The van der Waals surface area contributed by atoms with Crippen LogP contribution in [0.25, 0.3) is 0 Å². The van der Waals surface area contributed by atoms with Crippen molar-refractivity contribution >= 4 is 12.0 Å². The van der Waals surface area contributed by atoms with Gasteiger partial charge < -0.3 is 5.11 Å². The van der Waals surface area contributed by atoms with Crippen LogP contribution in [0.4, 0.5) is 0 Å². The smallest absolute Gasteiger partial charge is 0.225 e. The molecule has 0 spiro atoms. The van der Waals surface area contributed by atoms with Gasteiger partial charge in [-0.15, -0.1) is 0 Å². The van der Waals surface area contributed by atoms with Crippen molar-refractivity contribution in [2.24, 2.45) is 10.2 Å². The molecule has 0 aliphatic carbocycles. The number of allylic oxidation sites excluding steroid dienone is 4. The molecule has 0 aromatic rings. The highest BCUT2D eigenvalue weighted by molar-refractivity contribution is 6.34. The van der Waals surface area contributed by atoms with Crippen molar-refractivity contribution in [1.82, 2.24) is 5.43 Å². The van der Waals surface area contributed by atoms with Gasteiger partial charge in [-0.25, -0.2) is 5.53 Å². The van der Waals surface area contributed by atoms with E-state index in [2.05, 4.69) is 15.6 Å². The van der Waals surface area contributed by atoms with Crippen molar-refractivity contribution in [1.29, 1.82) is 5.53 Å². The van der Waals surface area contributed by atoms with Crippen molar-refractivity contribution in [3.63, 3.8) is 0 Å². The zero-order chi connectivity index (χ0) is 14.1. The van der Waals surface area contributed by atoms with Gasteiger partial charge in [0, 0.05) is 0 Å². The second-order valence-electron chi connectivity index (χ2n) is 3.57. The summed E-state index contributed by atoms with van der Waals surface area (Å²) in [5.74, 6) is -0.398. The third-order valence-electron chi connectivity index (χ3n) is 2.03. The molecular formula is C12H18N4O2. The molecule has 0 aromatic heterocycles. The molecule has 0 radical (unpaired) electrons. The number of aliphatic hydroxyl groups excluding tert-OH is 1. The van der Waals surface area contributed by atoms with Crippen LogP contribution in [0, 0.1) is 5.53 Å². The molecule has 0 aliphatic heterocycles.